The first kappa shape index (κ1) is 15.1. The molecule has 0 spiro atoms. The summed E-state index contributed by atoms with van der Waals surface area (Å²) in [6.45, 7) is 2.88. The number of carbonyl (C=O) groups is 2. The van der Waals surface area contributed by atoms with Crippen molar-refractivity contribution in [1.29, 1.82) is 0 Å². The predicted octanol–water partition coefficient (Wildman–Crippen LogP) is 3.83. The highest BCUT2D eigenvalue weighted by Gasteiger charge is 2.28. The number of urea groups is 1. The molecule has 1 unspecified atom stereocenters. The molecular weight excluding hydrogens is 299 g/mol. The molecule has 1 fully saturated rings. The number of nitrogens with one attached hydrogen (secondary N) is 1. The highest BCUT2D eigenvalue weighted by Crippen LogP contribution is 2.23. The van der Waals surface area contributed by atoms with Gasteiger partial charge in [-0.2, -0.15) is 0 Å². The van der Waals surface area contributed by atoms with Gasteiger partial charge in [0.15, 0.2) is 0 Å². The van der Waals surface area contributed by atoms with Crippen LogP contribution in [0.3, 0.4) is 0 Å². The fourth-order valence-corrected chi connectivity index (χ4v) is 2.80. The quantitative estimate of drug-likeness (QED) is 0.902. The molecule has 1 aliphatic heterocycles. The highest BCUT2D eigenvalue weighted by atomic mass is 35.5. The summed E-state index contributed by atoms with van der Waals surface area (Å²) in [5, 5.41) is 3.69. The van der Waals surface area contributed by atoms with E-state index in [0.717, 1.165) is 6.42 Å². The van der Waals surface area contributed by atoms with Crippen LogP contribution in [0.1, 0.15) is 19.8 Å². The number of anilines is 1. The summed E-state index contributed by atoms with van der Waals surface area (Å²) in [6, 6.07) is 4.65. The third-order valence-corrected chi connectivity index (χ3v) is 3.85. The maximum absolute atomic E-state index is 12.2. The van der Waals surface area contributed by atoms with Crippen molar-refractivity contribution in [3.05, 3.63) is 28.2 Å². The zero-order valence-electron chi connectivity index (χ0n) is 11.2. The standard InChI is InChI=1S/C14H16Cl2N2O2/c1-2-9-8-18(4-3-13(9)19)14(20)17-12-6-10(15)5-11(16)7-12/h5-7,9H,2-4,8H2,1H3,(H,17,20). The summed E-state index contributed by atoms with van der Waals surface area (Å²) in [6.07, 6.45) is 1.17. The first-order chi connectivity index (χ1) is 9.49. The smallest absolute Gasteiger partial charge is 0.321 e. The molecule has 108 valence electrons. The molecule has 1 aromatic rings. The molecule has 2 rings (SSSR count). The van der Waals surface area contributed by atoms with Gasteiger partial charge in [0.1, 0.15) is 5.78 Å². The van der Waals surface area contributed by atoms with Crippen molar-refractivity contribution in [2.24, 2.45) is 5.92 Å². The maximum atomic E-state index is 12.2. The molecule has 1 aliphatic rings. The number of amides is 2. The Bertz CT molecular complexity index is 514. The number of hydrogen-bond acceptors (Lipinski definition) is 2. The summed E-state index contributed by atoms with van der Waals surface area (Å²) in [5.74, 6) is 0.180. The molecule has 1 aromatic carbocycles. The molecule has 0 aliphatic carbocycles. The average molecular weight is 315 g/mol. The fraction of sp³-hybridized carbons (Fsp3) is 0.429. The number of halogens is 2. The predicted molar refractivity (Wildman–Crippen MR) is 80.5 cm³/mol. The maximum Gasteiger partial charge on any atom is 0.321 e. The van der Waals surface area contributed by atoms with E-state index in [9.17, 15) is 9.59 Å². The Morgan fingerprint density at radius 1 is 1.35 bits per heavy atom. The van der Waals surface area contributed by atoms with Crippen LogP contribution >= 0.6 is 23.2 Å². The summed E-state index contributed by atoms with van der Waals surface area (Å²) in [4.78, 5) is 25.5. The van der Waals surface area contributed by atoms with Gasteiger partial charge < -0.3 is 10.2 Å². The van der Waals surface area contributed by atoms with E-state index in [0.29, 0.717) is 35.2 Å². The Balaban J connectivity index is 2.03. The van der Waals surface area contributed by atoms with Crippen LogP contribution in [0.25, 0.3) is 0 Å². The van der Waals surface area contributed by atoms with E-state index >= 15 is 0 Å². The van der Waals surface area contributed by atoms with Crippen LogP contribution in [0.15, 0.2) is 18.2 Å². The van der Waals surface area contributed by atoms with Gasteiger partial charge in [-0.15, -0.1) is 0 Å². The van der Waals surface area contributed by atoms with Gasteiger partial charge in [0.05, 0.1) is 0 Å². The lowest BCUT2D eigenvalue weighted by Crippen LogP contribution is -2.45. The van der Waals surface area contributed by atoms with Crippen LogP contribution in [0.5, 0.6) is 0 Å². The van der Waals surface area contributed by atoms with E-state index in [1.54, 1.807) is 23.1 Å². The zero-order valence-corrected chi connectivity index (χ0v) is 12.7. The number of ketones is 1. The number of piperidine rings is 1. The molecule has 20 heavy (non-hydrogen) atoms. The molecule has 1 N–H and O–H groups in total. The lowest BCUT2D eigenvalue weighted by molar-refractivity contribution is -0.125. The SMILES string of the molecule is CCC1CN(C(=O)Nc2cc(Cl)cc(Cl)c2)CCC1=O. The topological polar surface area (TPSA) is 49.4 Å². The summed E-state index contributed by atoms with van der Waals surface area (Å²) < 4.78 is 0. The molecule has 4 nitrogen and oxygen atoms in total. The van der Waals surface area contributed by atoms with Crippen molar-refractivity contribution >= 4 is 40.7 Å². The first-order valence-corrected chi connectivity index (χ1v) is 7.30. The van der Waals surface area contributed by atoms with E-state index in [-0.39, 0.29) is 17.7 Å². The number of nitrogens with zero attached hydrogens (tertiary/aromatic N) is 1. The third kappa shape index (κ3) is 3.64. The Morgan fingerprint density at radius 2 is 2.00 bits per heavy atom. The van der Waals surface area contributed by atoms with Gasteiger partial charge in [-0.1, -0.05) is 30.1 Å². The Morgan fingerprint density at radius 3 is 2.60 bits per heavy atom. The van der Waals surface area contributed by atoms with Crippen molar-refractivity contribution in [3.63, 3.8) is 0 Å². The van der Waals surface area contributed by atoms with Gasteiger partial charge in [-0.3, -0.25) is 4.79 Å². The van der Waals surface area contributed by atoms with Crippen LogP contribution in [0, 0.1) is 5.92 Å². The van der Waals surface area contributed by atoms with Gasteiger partial charge in [0.2, 0.25) is 0 Å². The third-order valence-electron chi connectivity index (χ3n) is 3.42. The van der Waals surface area contributed by atoms with E-state index in [4.69, 9.17) is 23.2 Å². The molecular formula is C14H16Cl2N2O2. The van der Waals surface area contributed by atoms with E-state index in [2.05, 4.69) is 5.32 Å². The summed E-state index contributed by atoms with van der Waals surface area (Å²) >= 11 is 11.8. The molecule has 2 amide bonds. The van der Waals surface area contributed by atoms with Gasteiger partial charge in [-0.25, -0.2) is 4.79 Å². The second kappa shape index (κ2) is 6.46. The number of hydrogen-bond donors (Lipinski definition) is 1. The molecule has 6 heteroatoms. The zero-order chi connectivity index (χ0) is 14.7. The van der Waals surface area contributed by atoms with E-state index < -0.39 is 0 Å². The van der Waals surface area contributed by atoms with E-state index in [1.165, 1.54) is 0 Å². The minimum atomic E-state index is -0.228. The van der Waals surface area contributed by atoms with Crippen molar-refractivity contribution in [3.8, 4) is 0 Å². The van der Waals surface area contributed by atoms with Crippen molar-refractivity contribution in [2.45, 2.75) is 19.8 Å². The van der Waals surface area contributed by atoms with Gasteiger partial charge >= 0.3 is 6.03 Å². The number of carbonyl (C=O) groups excluding carboxylic acids is 2. The minimum absolute atomic E-state index is 0.0579. The van der Waals surface area contributed by atoms with Crippen molar-refractivity contribution < 1.29 is 9.59 Å². The highest BCUT2D eigenvalue weighted by molar-refractivity contribution is 6.35. The van der Waals surface area contributed by atoms with Crippen molar-refractivity contribution in [2.75, 3.05) is 18.4 Å². The van der Waals surface area contributed by atoms with Gasteiger partial charge in [0, 0.05) is 41.2 Å². The largest absolute Gasteiger partial charge is 0.323 e. The van der Waals surface area contributed by atoms with Crippen LogP contribution in [0.4, 0.5) is 10.5 Å². The number of benzene rings is 1. The van der Waals surface area contributed by atoms with Crippen LogP contribution in [-0.2, 0) is 4.79 Å². The lowest BCUT2D eigenvalue weighted by Gasteiger charge is -2.31. The Kier molecular flexibility index (Phi) is 4.89. The molecule has 1 heterocycles. The molecule has 0 radical (unpaired) electrons. The Hall–Kier alpha value is -1.26. The second-order valence-electron chi connectivity index (χ2n) is 4.86. The van der Waals surface area contributed by atoms with Crippen molar-refractivity contribution in [1.82, 2.24) is 4.90 Å². The monoisotopic (exact) mass is 314 g/mol. The molecule has 0 saturated carbocycles. The minimum Gasteiger partial charge on any atom is -0.323 e. The Labute approximate surface area is 128 Å². The number of rotatable bonds is 2. The van der Waals surface area contributed by atoms with Gasteiger partial charge in [-0.05, 0) is 24.6 Å². The molecule has 1 atom stereocenters. The second-order valence-corrected chi connectivity index (χ2v) is 5.73. The van der Waals surface area contributed by atoms with Crippen LogP contribution < -0.4 is 5.32 Å². The normalized spacial score (nSPS) is 19.1. The average Bonchev–Trinajstić information content (AvgIpc) is 2.37. The fourth-order valence-electron chi connectivity index (χ4n) is 2.28. The molecule has 0 bridgehead atoms. The molecule has 1 saturated heterocycles. The van der Waals surface area contributed by atoms with Crippen LogP contribution in [-0.4, -0.2) is 29.8 Å². The van der Waals surface area contributed by atoms with E-state index in [1.807, 2.05) is 6.92 Å². The lowest BCUT2D eigenvalue weighted by atomic mass is 9.94. The number of likely N-dealkylation sites (tertiary alicyclic amines) is 1. The summed E-state index contributed by atoms with van der Waals surface area (Å²) in [5.41, 5.74) is 0.553. The molecule has 0 aromatic heterocycles. The summed E-state index contributed by atoms with van der Waals surface area (Å²) in [7, 11) is 0. The van der Waals surface area contributed by atoms with Crippen LogP contribution in [0.2, 0.25) is 10.0 Å². The van der Waals surface area contributed by atoms with Gasteiger partial charge in [0.25, 0.3) is 0 Å². The first-order valence-electron chi connectivity index (χ1n) is 6.54. The number of Topliss-reactive ketones (excluding diaryl/α,β-unsaturated/α-hetero) is 1.